The topological polar surface area (TPSA) is 60.0 Å². The normalized spacial score (nSPS) is 11.7. The van der Waals surface area contributed by atoms with Crippen molar-refractivity contribution in [2.24, 2.45) is 0 Å². The highest BCUT2D eigenvalue weighted by molar-refractivity contribution is 5.96. The third kappa shape index (κ3) is 5.39. The van der Waals surface area contributed by atoms with E-state index in [-0.39, 0.29) is 5.91 Å². The molecule has 6 nitrogen and oxygen atoms in total. The fourth-order valence-electron chi connectivity index (χ4n) is 3.70. The number of nitrogens with zero attached hydrogens (tertiary/aromatic N) is 1. The Hall–Kier alpha value is -3.51. The summed E-state index contributed by atoms with van der Waals surface area (Å²) < 4.78 is 16.3. The molecule has 6 heteroatoms. The van der Waals surface area contributed by atoms with Gasteiger partial charge in [-0.05, 0) is 43.3 Å². The van der Waals surface area contributed by atoms with Crippen molar-refractivity contribution in [3.63, 3.8) is 0 Å². The molecule has 1 amide bonds. The summed E-state index contributed by atoms with van der Waals surface area (Å²) in [6.45, 7) is 2.48. The molecule has 0 spiro atoms. The van der Waals surface area contributed by atoms with E-state index in [9.17, 15) is 4.79 Å². The van der Waals surface area contributed by atoms with Crippen molar-refractivity contribution in [1.29, 1.82) is 0 Å². The zero-order valence-electron chi connectivity index (χ0n) is 19.2. The number of anilines is 1. The number of methoxy groups -OCH3 is 3. The van der Waals surface area contributed by atoms with Gasteiger partial charge in [-0.25, -0.2) is 0 Å². The van der Waals surface area contributed by atoms with Crippen LogP contribution in [0.5, 0.6) is 17.2 Å². The molecular formula is C26H30N2O4. The number of ether oxygens (including phenoxy) is 3. The highest BCUT2D eigenvalue weighted by Crippen LogP contribution is 2.31. The fourth-order valence-corrected chi connectivity index (χ4v) is 3.70. The zero-order chi connectivity index (χ0) is 23.1. The first kappa shape index (κ1) is 23.2. The van der Waals surface area contributed by atoms with E-state index >= 15 is 0 Å². The number of amides is 1. The van der Waals surface area contributed by atoms with E-state index in [0.29, 0.717) is 23.7 Å². The number of nitrogens with one attached hydrogen (secondary N) is 1. The first-order valence-electron chi connectivity index (χ1n) is 10.4. The van der Waals surface area contributed by atoms with Gasteiger partial charge in [0, 0.05) is 18.2 Å². The van der Waals surface area contributed by atoms with Gasteiger partial charge in [0.2, 0.25) is 5.91 Å². The quantitative estimate of drug-likeness (QED) is 0.523. The monoisotopic (exact) mass is 434 g/mol. The largest absolute Gasteiger partial charge is 0.497 e. The summed E-state index contributed by atoms with van der Waals surface area (Å²) in [7, 11) is 6.77. The Kier molecular flexibility index (Phi) is 7.73. The molecule has 168 valence electrons. The van der Waals surface area contributed by atoms with Crippen LogP contribution in [0.3, 0.4) is 0 Å². The lowest BCUT2D eigenvalue weighted by Gasteiger charge is -2.28. The van der Waals surface area contributed by atoms with Gasteiger partial charge in [0.05, 0.1) is 27.0 Å². The van der Waals surface area contributed by atoms with Gasteiger partial charge in [-0.2, -0.15) is 0 Å². The lowest BCUT2D eigenvalue weighted by molar-refractivity contribution is -0.121. The maximum Gasteiger partial charge on any atom is 0.246 e. The molecule has 0 aromatic heterocycles. The predicted molar refractivity (Wildman–Crippen MR) is 127 cm³/mol. The molecule has 3 aromatic carbocycles. The summed E-state index contributed by atoms with van der Waals surface area (Å²) in [5.74, 6) is 1.91. The van der Waals surface area contributed by atoms with Crippen LogP contribution < -0.4 is 19.5 Å². The smallest absolute Gasteiger partial charge is 0.246 e. The van der Waals surface area contributed by atoms with Crippen LogP contribution in [-0.4, -0.2) is 39.2 Å². The zero-order valence-corrected chi connectivity index (χ0v) is 19.2. The number of hydrogen-bond donors (Lipinski definition) is 1. The Bertz CT molecular complexity index is 1050. The van der Waals surface area contributed by atoms with Gasteiger partial charge in [-0.3, -0.25) is 9.69 Å². The highest BCUT2D eigenvalue weighted by atomic mass is 16.5. The van der Waals surface area contributed by atoms with Gasteiger partial charge >= 0.3 is 0 Å². The Labute approximate surface area is 189 Å². The number of likely N-dealkylation sites (N-methyl/N-ethyl adjacent to an activating group) is 1. The summed E-state index contributed by atoms with van der Waals surface area (Å²) in [6.07, 6.45) is 0. The highest BCUT2D eigenvalue weighted by Gasteiger charge is 2.27. The van der Waals surface area contributed by atoms with Crippen LogP contribution in [0, 0.1) is 6.92 Å². The average molecular weight is 435 g/mol. The van der Waals surface area contributed by atoms with E-state index in [2.05, 4.69) is 5.32 Å². The lowest BCUT2D eigenvalue weighted by Crippen LogP contribution is -2.34. The molecule has 0 radical (unpaired) electrons. The maximum atomic E-state index is 13.5. The van der Waals surface area contributed by atoms with Gasteiger partial charge in [0.15, 0.2) is 0 Å². The molecule has 0 aliphatic heterocycles. The van der Waals surface area contributed by atoms with Crippen LogP contribution in [0.1, 0.15) is 22.7 Å². The van der Waals surface area contributed by atoms with Gasteiger partial charge < -0.3 is 19.5 Å². The second-order valence-electron chi connectivity index (χ2n) is 7.60. The van der Waals surface area contributed by atoms with Gasteiger partial charge in [-0.15, -0.1) is 0 Å². The van der Waals surface area contributed by atoms with Crippen LogP contribution in [0.2, 0.25) is 0 Å². The van der Waals surface area contributed by atoms with Gasteiger partial charge in [0.25, 0.3) is 0 Å². The number of aryl methyl sites for hydroxylation is 1. The molecule has 0 fully saturated rings. The predicted octanol–water partition coefficient (Wildman–Crippen LogP) is 4.83. The molecule has 1 atom stereocenters. The Morgan fingerprint density at radius 1 is 0.906 bits per heavy atom. The minimum Gasteiger partial charge on any atom is -0.497 e. The molecule has 1 N–H and O–H groups in total. The summed E-state index contributed by atoms with van der Waals surface area (Å²) in [5.41, 5.74) is 3.53. The van der Waals surface area contributed by atoms with Gasteiger partial charge in [-0.1, -0.05) is 42.5 Å². The van der Waals surface area contributed by atoms with Crippen molar-refractivity contribution in [2.45, 2.75) is 19.5 Å². The third-order valence-corrected chi connectivity index (χ3v) is 5.33. The number of hydrogen-bond acceptors (Lipinski definition) is 5. The Balaban J connectivity index is 1.91. The Morgan fingerprint density at radius 3 is 2.28 bits per heavy atom. The van der Waals surface area contributed by atoms with Crippen molar-refractivity contribution in [2.75, 3.05) is 33.7 Å². The minimum atomic E-state index is -0.520. The summed E-state index contributed by atoms with van der Waals surface area (Å²) in [5, 5.41) is 3.06. The molecule has 0 bridgehead atoms. The second-order valence-corrected chi connectivity index (χ2v) is 7.60. The number of carbonyl (C=O) groups is 1. The Morgan fingerprint density at radius 2 is 1.62 bits per heavy atom. The molecule has 3 rings (SSSR count). The van der Waals surface area contributed by atoms with Crippen LogP contribution in [0.25, 0.3) is 0 Å². The second kappa shape index (κ2) is 10.7. The van der Waals surface area contributed by atoms with E-state index in [0.717, 1.165) is 22.4 Å². The molecule has 0 saturated heterocycles. The average Bonchev–Trinajstić information content (AvgIpc) is 2.80. The van der Waals surface area contributed by atoms with Crippen LogP contribution in [-0.2, 0) is 11.3 Å². The molecule has 0 aliphatic carbocycles. The first-order valence-corrected chi connectivity index (χ1v) is 10.4. The van der Waals surface area contributed by atoms with Gasteiger partial charge in [0.1, 0.15) is 23.3 Å². The molecular weight excluding hydrogens is 404 g/mol. The van der Waals surface area contributed by atoms with E-state index in [1.165, 1.54) is 0 Å². The van der Waals surface area contributed by atoms with E-state index in [1.54, 1.807) is 21.3 Å². The molecule has 1 unspecified atom stereocenters. The third-order valence-electron chi connectivity index (χ3n) is 5.33. The number of rotatable bonds is 9. The fraction of sp³-hybridized carbons (Fsp3) is 0.269. The first-order chi connectivity index (χ1) is 15.5. The lowest BCUT2D eigenvalue weighted by atomic mass is 10.0. The molecule has 0 saturated carbocycles. The van der Waals surface area contributed by atoms with E-state index < -0.39 is 6.04 Å². The standard InChI is InChI=1S/C26H30N2O4/c1-18-11-14-23(31-4)22(15-18)27-26(29)25(19-9-7-6-8-10-19)28(2)17-20-12-13-21(30-3)16-24(20)32-5/h6-16,25H,17H2,1-5H3,(H,27,29). The van der Waals surface area contributed by atoms with Crippen molar-refractivity contribution >= 4 is 11.6 Å². The van der Waals surface area contributed by atoms with Crippen molar-refractivity contribution < 1.29 is 19.0 Å². The summed E-state index contributed by atoms with van der Waals surface area (Å²) in [4.78, 5) is 15.5. The minimum absolute atomic E-state index is 0.143. The maximum absolute atomic E-state index is 13.5. The van der Waals surface area contributed by atoms with Crippen LogP contribution in [0.15, 0.2) is 66.7 Å². The van der Waals surface area contributed by atoms with Crippen LogP contribution in [0.4, 0.5) is 5.69 Å². The van der Waals surface area contributed by atoms with Crippen molar-refractivity contribution in [3.05, 3.63) is 83.4 Å². The van der Waals surface area contributed by atoms with E-state index in [4.69, 9.17) is 14.2 Å². The van der Waals surface area contributed by atoms with Crippen molar-refractivity contribution in [3.8, 4) is 17.2 Å². The number of carbonyl (C=O) groups excluding carboxylic acids is 1. The number of benzene rings is 3. The summed E-state index contributed by atoms with van der Waals surface area (Å²) >= 11 is 0. The van der Waals surface area contributed by atoms with Crippen LogP contribution >= 0.6 is 0 Å². The SMILES string of the molecule is COc1ccc(CN(C)C(C(=O)Nc2cc(C)ccc2OC)c2ccccc2)c(OC)c1. The van der Waals surface area contributed by atoms with Crippen molar-refractivity contribution in [1.82, 2.24) is 4.90 Å². The molecule has 0 aliphatic rings. The molecule has 0 heterocycles. The van der Waals surface area contributed by atoms with E-state index in [1.807, 2.05) is 85.6 Å². The molecule has 3 aromatic rings. The summed E-state index contributed by atoms with van der Waals surface area (Å²) in [6, 6.07) is 20.6. The molecule has 32 heavy (non-hydrogen) atoms.